The van der Waals surface area contributed by atoms with Crippen LogP contribution in [-0.4, -0.2) is 36.2 Å². The second kappa shape index (κ2) is 8.15. The molecule has 0 aliphatic rings. The molecule has 1 rings (SSSR count). The molecule has 24 heavy (non-hydrogen) atoms. The number of imide groups is 1. The summed E-state index contributed by atoms with van der Waals surface area (Å²) in [5.74, 6) is -0.267. The van der Waals surface area contributed by atoms with Gasteiger partial charge in [0.25, 0.3) is 5.91 Å². The summed E-state index contributed by atoms with van der Waals surface area (Å²) >= 11 is 3.31. The number of nitrogens with zero attached hydrogens (tertiary/aromatic N) is 2. The molecule has 0 unspecified atom stereocenters. The van der Waals surface area contributed by atoms with Crippen molar-refractivity contribution in [3.63, 3.8) is 0 Å². The lowest BCUT2D eigenvalue weighted by Gasteiger charge is -2.24. The van der Waals surface area contributed by atoms with Crippen LogP contribution < -0.4 is 4.74 Å². The Morgan fingerprint density at radius 1 is 1.33 bits per heavy atom. The van der Waals surface area contributed by atoms with Crippen molar-refractivity contribution in [2.45, 2.75) is 38.6 Å². The average molecular weight is 397 g/mol. The summed E-state index contributed by atoms with van der Waals surface area (Å²) in [6, 6.07) is 5.11. The monoisotopic (exact) mass is 396 g/mol. The van der Waals surface area contributed by atoms with Gasteiger partial charge in [0.05, 0.1) is 23.8 Å². The van der Waals surface area contributed by atoms with E-state index >= 15 is 0 Å². The van der Waals surface area contributed by atoms with Gasteiger partial charge in [-0.1, -0.05) is 15.9 Å². The van der Waals surface area contributed by atoms with Gasteiger partial charge >= 0.3 is 6.09 Å². The van der Waals surface area contributed by atoms with Crippen LogP contribution in [0.2, 0.25) is 0 Å². The zero-order valence-electron chi connectivity index (χ0n) is 14.5. The maximum Gasteiger partial charge on any atom is 0.417 e. The molecule has 2 amide bonds. The molecule has 0 aromatic heterocycles. The topological polar surface area (TPSA) is 79.6 Å². The van der Waals surface area contributed by atoms with Gasteiger partial charge in [0.1, 0.15) is 11.4 Å². The van der Waals surface area contributed by atoms with E-state index in [1.807, 2.05) is 6.07 Å². The van der Waals surface area contributed by atoms with E-state index in [0.717, 1.165) is 4.90 Å². The quantitative estimate of drug-likeness (QED) is 0.721. The molecule has 7 heteroatoms. The molecule has 0 radical (unpaired) electrons. The van der Waals surface area contributed by atoms with E-state index in [4.69, 9.17) is 9.47 Å². The van der Waals surface area contributed by atoms with Crippen LogP contribution in [0.3, 0.4) is 0 Å². The smallest absolute Gasteiger partial charge is 0.417 e. The van der Waals surface area contributed by atoms with Gasteiger partial charge < -0.3 is 9.47 Å². The lowest BCUT2D eigenvalue weighted by molar-refractivity contribution is 0.0284. The standard InChI is InChI=1S/C17H21BrN2O4/c1-6-23-14-8-11(9-18)12(10-19)7-13(14)15(21)20(5)16(22)24-17(2,3)4/h7-8H,6,9H2,1-5H3. The molecule has 130 valence electrons. The van der Waals surface area contributed by atoms with Crippen LogP contribution in [0.1, 0.15) is 49.2 Å². The first kappa shape index (κ1) is 20.0. The number of alkyl halides is 1. The van der Waals surface area contributed by atoms with Gasteiger partial charge in [-0.15, -0.1) is 0 Å². The van der Waals surface area contributed by atoms with Gasteiger partial charge in [-0.25, -0.2) is 9.69 Å². The highest BCUT2D eigenvalue weighted by molar-refractivity contribution is 9.08. The zero-order valence-corrected chi connectivity index (χ0v) is 16.1. The summed E-state index contributed by atoms with van der Waals surface area (Å²) in [4.78, 5) is 25.6. The van der Waals surface area contributed by atoms with Crippen LogP contribution in [0.4, 0.5) is 4.79 Å². The van der Waals surface area contributed by atoms with Crippen LogP contribution in [0.5, 0.6) is 5.75 Å². The van der Waals surface area contributed by atoms with Crippen molar-refractivity contribution < 1.29 is 19.1 Å². The number of amides is 2. The summed E-state index contributed by atoms with van der Waals surface area (Å²) in [7, 11) is 1.33. The van der Waals surface area contributed by atoms with E-state index in [1.54, 1.807) is 33.8 Å². The van der Waals surface area contributed by atoms with Crippen molar-refractivity contribution in [1.82, 2.24) is 4.90 Å². The molecule has 0 heterocycles. The van der Waals surface area contributed by atoms with Gasteiger partial charge in [0, 0.05) is 12.4 Å². The Hall–Kier alpha value is -2.07. The van der Waals surface area contributed by atoms with Crippen LogP contribution in [0.15, 0.2) is 12.1 Å². The number of halogens is 1. The lowest BCUT2D eigenvalue weighted by Crippen LogP contribution is -2.38. The Morgan fingerprint density at radius 2 is 1.96 bits per heavy atom. The van der Waals surface area contributed by atoms with Crippen molar-refractivity contribution in [2.24, 2.45) is 0 Å². The molecule has 1 aromatic carbocycles. The van der Waals surface area contributed by atoms with Crippen LogP contribution in [-0.2, 0) is 10.1 Å². The predicted molar refractivity (Wildman–Crippen MR) is 93.3 cm³/mol. The van der Waals surface area contributed by atoms with Crippen molar-refractivity contribution in [1.29, 1.82) is 5.26 Å². The number of carbonyl (C=O) groups excluding carboxylic acids is 2. The first-order valence-electron chi connectivity index (χ1n) is 7.41. The first-order chi connectivity index (χ1) is 11.1. The highest BCUT2D eigenvalue weighted by Crippen LogP contribution is 2.27. The van der Waals surface area contributed by atoms with E-state index in [-0.39, 0.29) is 5.56 Å². The normalized spacial score (nSPS) is 10.7. The molecular formula is C17H21BrN2O4. The van der Waals surface area contributed by atoms with Gasteiger partial charge in [-0.3, -0.25) is 4.79 Å². The molecule has 6 nitrogen and oxygen atoms in total. The fraction of sp³-hybridized carbons (Fsp3) is 0.471. The highest BCUT2D eigenvalue weighted by Gasteiger charge is 2.27. The fourth-order valence-electron chi connectivity index (χ4n) is 1.87. The van der Waals surface area contributed by atoms with Gasteiger partial charge in [0.15, 0.2) is 0 Å². The minimum Gasteiger partial charge on any atom is -0.493 e. The number of hydrogen-bond donors (Lipinski definition) is 0. The molecule has 0 saturated heterocycles. The molecule has 0 saturated carbocycles. The molecule has 0 spiro atoms. The summed E-state index contributed by atoms with van der Waals surface area (Å²) in [5, 5.41) is 9.70. The second-order valence-electron chi connectivity index (χ2n) is 6.03. The van der Waals surface area contributed by atoms with Crippen molar-refractivity contribution in [3.05, 3.63) is 28.8 Å². The predicted octanol–water partition coefficient (Wildman–Crippen LogP) is 3.86. The van der Waals surface area contributed by atoms with E-state index in [9.17, 15) is 14.9 Å². The largest absolute Gasteiger partial charge is 0.493 e. The third-order valence-electron chi connectivity index (χ3n) is 2.97. The summed E-state index contributed by atoms with van der Waals surface area (Å²) in [6.07, 6.45) is -0.766. The summed E-state index contributed by atoms with van der Waals surface area (Å²) in [5.41, 5.74) is 0.478. The Morgan fingerprint density at radius 3 is 2.42 bits per heavy atom. The van der Waals surface area contributed by atoms with E-state index in [0.29, 0.717) is 28.8 Å². The van der Waals surface area contributed by atoms with Crippen LogP contribution in [0.25, 0.3) is 0 Å². The molecule has 0 aliphatic heterocycles. The maximum atomic E-state index is 12.7. The lowest BCUT2D eigenvalue weighted by atomic mass is 10.0. The number of rotatable bonds is 4. The van der Waals surface area contributed by atoms with Gasteiger partial charge in [-0.2, -0.15) is 5.26 Å². The van der Waals surface area contributed by atoms with Crippen molar-refractivity contribution in [3.8, 4) is 11.8 Å². The third kappa shape index (κ3) is 4.96. The number of benzene rings is 1. The van der Waals surface area contributed by atoms with Crippen LogP contribution in [0, 0.1) is 11.3 Å². The van der Waals surface area contributed by atoms with Gasteiger partial charge in [0.2, 0.25) is 0 Å². The minimum absolute atomic E-state index is 0.145. The van der Waals surface area contributed by atoms with E-state index in [2.05, 4.69) is 15.9 Å². The first-order valence-corrected chi connectivity index (χ1v) is 8.53. The van der Waals surface area contributed by atoms with E-state index in [1.165, 1.54) is 13.1 Å². The highest BCUT2D eigenvalue weighted by atomic mass is 79.9. The van der Waals surface area contributed by atoms with Crippen molar-refractivity contribution in [2.75, 3.05) is 13.7 Å². The van der Waals surface area contributed by atoms with Crippen molar-refractivity contribution >= 4 is 27.9 Å². The number of hydrogen-bond acceptors (Lipinski definition) is 5. The molecule has 0 N–H and O–H groups in total. The number of carbonyl (C=O) groups is 2. The Kier molecular flexibility index (Phi) is 6.79. The average Bonchev–Trinajstić information content (AvgIpc) is 2.51. The van der Waals surface area contributed by atoms with Crippen LogP contribution >= 0.6 is 15.9 Å². The SMILES string of the molecule is CCOc1cc(CBr)c(C#N)cc1C(=O)N(C)C(=O)OC(C)(C)C. The molecule has 1 aromatic rings. The summed E-state index contributed by atoms with van der Waals surface area (Å²) in [6.45, 7) is 7.29. The Bertz CT molecular complexity index is 674. The molecule has 0 bridgehead atoms. The zero-order chi connectivity index (χ0) is 18.5. The Labute approximate surface area is 150 Å². The molecular weight excluding hydrogens is 376 g/mol. The minimum atomic E-state index is -0.766. The third-order valence-corrected chi connectivity index (χ3v) is 3.58. The fourth-order valence-corrected chi connectivity index (χ4v) is 2.34. The molecule has 0 aliphatic carbocycles. The maximum absolute atomic E-state index is 12.7. The number of ether oxygens (including phenoxy) is 2. The molecule has 0 fully saturated rings. The van der Waals surface area contributed by atoms with Gasteiger partial charge in [-0.05, 0) is 45.4 Å². The second-order valence-corrected chi connectivity index (χ2v) is 6.59. The Balaban J connectivity index is 3.25. The van der Waals surface area contributed by atoms with E-state index < -0.39 is 17.6 Å². The number of nitriles is 1. The molecule has 0 atom stereocenters. The summed E-state index contributed by atoms with van der Waals surface area (Å²) < 4.78 is 10.7.